The van der Waals surface area contributed by atoms with E-state index in [2.05, 4.69) is 15.1 Å². The van der Waals surface area contributed by atoms with Crippen molar-refractivity contribution in [1.29, 1.82) is 0 Å². The first-order valence-electron chi connectivity index (χ1n) is 7.85. The number of hydrogen-bond donors (Lipinski definition) is 1. The fourth-order valence-corrected chi connectivity index (χ4v) is 3.23. The summed E-state index contributed by atoms with van der Waals surface area (Å²) in [5, 5.41) is 4.97. The lowest BCUT2D eigenvalue weighted by Gasteiger charge is -2.25. The second-order valence-electron chi connectivity index (χ2n) is 6.21. The van der Waals surface area contributed by atoms with E-state index in [0.29, 0.717) is 23.6 Å². The van der Waals surface area contributed by atoms with Crippen LogP contribution >= 0.6 is 0 Å². The molecule has 4 rings (SSSR count). The number of nitrogens with one attached hydrogen (secondary N) is 1. The van der Waals surface area contributed by atoms with Crippen molar-refractivity contribution in [1.82, 2.24) is 19.7 Å². The summed E-state index contributed by atoms with van der Waals surface area (Å²) in [6.07, 6.45) is 8.36. The van der Waals surface area contributed by atoms with E-state index >= 15 is 0 Å². The highest BCUT2D eigenvalue weighted by atomic mass is 16.5. The molecule has 0 radical (unpaired) electrons. The van der Waals surface area contributed by atoms with Gasteiger partial charge in [0.1, 0.15) is 11.2 Å². The molecule has 112 valence electrons. The Bertz CT molecular complexity index is 695. The van der Waals surface area contributed by atoms with Gasteiger partial charge in [0.15, 0.2) is 5.65 Å². The zero-order valence-corrected chi connectivity index (χ0v) is 12.0. The SMILES string of the molecule is O=c1[nH]c(CC2CCC2)nc2c1cnn2C1CCCOC1. The van der Waals surface area contributed by atoms with Gasteiger partial charge in [-0.15, -0.1) is 0 Å². The topological polar surface area (TPSA) is 72.8 Å². The molecule has 6 nitrogen and oxygen atoms in total. The highest BCUT2D eigenvalue weighted by Gasteiger charge is 2.22. The highest BCUT2D eigenvalue weighted by Crippen LogP contribution is 2.29. The molecule has 1 N–H and O–H groups in total. The van der Waals surface area contributed by atoms with Gasteiger partial charge in [-0.1, -0.05) is 19.3 Å². The average molecular weight is 288 g/mol. The molecule has 21 heavy (non-hydrogen) atoms. The number of aromatic nitrogens is 4. The first-order valence-corrected chi connectivity index (χ1v) is 7.85. The summed E-state index contributed by atoms with van der Waals surface area (Å²) in [6.45, 7) is 1.47. The molecule has 3 heterocycles. The van der Waals surface area contributed by atoms with E-state index in [1.807, 2.05) is 4.68 Å². The number of nitrogens with zero attached hydrogens (tertiary/aromatic N) is 3. The Balaban J connectivity index is 1.71. The molecule has 0 amide bonds. The maximum Gasteiger partial charge on any atom is 0.262 e. The van der Waals surface area contributed by atoms with E-state index in [-0.39, 0.29) is 11.6 Å². The first kappa shape index (κ1) is 13.0. The van der Waals surface area contributed by atoms with Crippen LogP contribution in [0, 0.1) is 5.92 Å². The molecule has 1 aliphatic carbocycles. The van der Waals surface area contributed by atoms with Crippen molar-refractivity contribution in [3.05, 3.63) is 22.4 Å². The summed E-state index contributed by atoms with van der Waals surface area (Å²) in [5.74, 6) is 1.48. The Morgan fingerprint density at radius 1 is 1.33 bits per heavy atom. The molecule has 6 heteroatoms. The highest BCUT2D eigenvalue weighted by molar-refractivity contribution is 5.73. The molecule has 2 aliphatic rings. The van der Waals surface area contributed by atoms with Gasteiger partial charge in [0, 0.05) is 13.0 Å². The van der Waals surface area contributed by atoms with Crippen molar-refractivity contribution in [2.75, 3.05) is 13.2 Å². The Kier molecular flexibility index (Phi) is 3.25. The fourth-order valence-electron chi connectivity index (χ4n) is 3.23. The van der Waals surface area contributed by atoms with Gasteiger partial charge in [-0.05, 0) is 18.8 Å². The van der Waals surface area contributed by atoms with Crippen molar-refractivity contribution in [3.8, 4) is 0 Å². The molecule has 0 aromatic carbocycles. The number of ether oxygens (including phenoxy) is 1. The van der Waals surface area contributed by atoms with E-state index < -0.39 is 0 Å². The van der Waals surface area contributed by atoms with Crippen molar-refractivity contribution < 1.29 is 4.74 Å². The maximum absolute atomic E-state index is 12.2. The van der Waals surface area contributed by atoms with E-state index in [4.69, 9.17) is 4.74 Å². The standard InChI is InChI=1S/C15H20N4O2/c20-15-12-8-16-19(11-5-2-6-21-9-11)14(12)17-13(18-15)7-10-3-1-4-10/h8,10-11H,1-7,9H2,(H,17,18,20). The monoisotopic (exact) mass is 288 g/mol. The number of rotatable bonds is 3. The third-order valence-electron chi connectivity index (χ3n) is 4.70. The molecule has 1 saturated carbocycles. The second-order valence-corrected chi connectivity index (χ2v) is 6.21. The molecule has 2 aromatic rings. The predicted octanol–water partition coefficient (Wildman–Crippen LogP) is 1.81. The molecule has 0 bridgehead atoms. The molecule has 0 spiro atoms. The van der Waals surface area contributed by atoms with Gasteiger partial charge in [-0.25, -0.2) is 9.67 Å². The molecule has 1 aliphatic heterocycles. The van der Waals surface area contributed by atoms with E-state index in [1.54, 1.807) is 6.20 Å². The molecule has 1 atom stereocenters. The molecule has 1 saturated heterocycles. The van der Waals surface area contributed by atoms with Crippen molar-refractivity contribution >= 4 is 11.0 Å². The normalized spacial score (nSPS) is 23.3. The molecule has 2 fully saturated rings. The number of aromatic amines is 1. The number of hydrogen-bond acceptors (Lipinski definition) is 4. The van der Waals surface area contributed by atoms with Crippen LogP contribution in [0.2, 0.25) is 0 Å². The Labute approximate surface area is 122 Å². The van der Waals surface area contributed by atoms with Crippen LogP contribution < -0.4 is 5.56 Å². The second kappa shape index (κ2) is 5.26. The van der Waals surface area contributed by atoms with Crippen molar-refractivity contribution in [3.63, 3.8) is 0 Å². The lowest BCUT2D eigenvalue weighted by molar-refractivity contribution is 0.0563. The lowest BCUT2D eigenvalue weighted by Crippen LogP contribution is -2.23. The quantitative estimate of drug-likeness (QED) is 0.935. The summed E-state index contributed by atoms with van der Waals surface area (Å²) < 4.78 is 7.41. The maximum atomic E-state index is 12.2. The number of fused-ring (bicyclic) bond motifs is 1. The summed E-state index contributed by atoms with van der Waals surface area (Å²) >= 11 is 0. The third kappa shape index (κ3) is 2.37. The van der Waals surface area contributed by atoms with Crippen molar-refractivity contribution in [2.24, 2.45) is 5.92 Å². The minimum absolute atomic E-state index is 0.0719. The third-order valence-corrected chi connectivity index (χ3v) is 4.70. The summed E-state index contributed by atoms with van der Waals surface area (Å²) in [6, 6.07) is 0.196. The fraction of sp³-hybridized carbons (Fsp3) is 0.667. The van der Waals surface area contributed by atoms with Crippen LogP contribution in [-0.2, 0) is 11.2 Å². The lowest BCUT2D eigenvalue weighted by atomic mass is 9.83. The average Bonchev–Trinajstić information content (AvgIpc) is 2.88. The van der Waals surface area contributed by atoms with Crippen LogP contribution in [0.1, 0.15) is 44.0 Å². The Morgan fingerprint density at radius 2 is 2.24 bits per heavy atom. The van der Waals surface area contributed by atoms with Crippen LogP contribution in [0.3, 0.4) is 0 Å². The zero-order valence-electron chi connectivity index (χ0n) is 12.0. The van der Waals surface area contributed by atoms with Gasteiger partial charge in [-0.2, -0.15) is 5.10 Å². The molecular weight excluding hydrogens is 268 g/mol. The molecular formula is C15H20N4O2. The predicted molar refractivity (Wildman–Crippen MR) is 78.3 cm³/mol. The largest absolute Gasteiger partial charge is 0.379 e. The van der Waals surface area contributed by atoms with E-state index in [0.717, 1.165) is 31.7 Å². The van der Waals surface area contributed by atoms with E-state index in [9.17, 15) is 4.79 Å². The summed E-state index contributed by atoms with van der Waals surface area (Å²) in [7, 11) is 0. The van der Waals surface area contributed by atoms with E-state index in [1.165, 1.54) is 19.3 Å². The van der Waals surface area contributed by atoms with Gasteiger partial charge in [0.25, 0.3) is 5.56 Å². The Morgan fingerprint density at radius 3 is 2.95 bits per heavy atom. The van der Waals surface area contributed by atoms with Gasteiger partial charge in [0.2, 0.25) is 0 Å². The van der Waals surface area contributed by atoms with Gasteiger partial charge in [0.05, 0.1) is 18.8 Å². The number of H-pyrrole nitrogens is 1. The molecule has 1 unspecified atom stereocenters. The summed E-state index contributed by atoms with van der Waals surface area (Å²) in [4.78, 5) is 19.8. The minimum atomic E-state index is -0.0719. The van der Waals surface area contributed by atoms with Crippen LogP contribution in [0.15, 0.2) is 11.0 Å². The zero-order chi connectivity index (χ0) is 14.2. The van der Waals surface area contributed by atoms with Crippen LogP contribution in [-0.4, -0.2) is 33.0 Å². The van der Waals surface area contributed by atoms with Gasteiger partial charge in [-0.3, -0.25) is 4.79 Å². The minimum Gasteiger partial charge on any atom is -0.379 e. The summed E-state index contributed by atoms with van der Waals surface area (Å²) in [5.41, 5.74) is 0.640. The van der Waals surface area contributed by atoms with Crippen LogP contribution in [0.5, 0.6) is 0 Å². The molecule has 2 aromatic heterocycles. The Hall–Kier alpha value is -1.69. The van der Waals surface area contributed by atoms with Gasteiger partial charge < -0.3 is 9.72 Å². The first-order chi connectivity index (χ1) is 10.3. The van der Waals surface area contributed by atoms with Gasteiger partial charge >= 0.3 is 0 Å². The van der Waals surface area contributed by atoms with Crippen molar-refractivity contribution in [2.45, 2.75) is 44.6 Å². The van der Waals surface area contributed by atoms with Crippen LogP contribution in [0.25, 0.3) is 11.0 Å². The smallest absolute Gasteiger partial charge is 0.262 e. The van der Waals surface area contributed by atoms with Crippen LogP contribution in [0.4, 0.5) is 0 Å².